The summed E-state index contributed by atoms with van der Waals surface area (Å²) in [6.07, 6.45) is -0.111. The number of carbonyl (C=O) groups excluding carboxylic acids is 2. The van der Waals surface area contributed by atoms with Crippen LogP contribution in [0.2, 0.25) is 0 Å². The molecule has 2 aliphatic heterocycles. The molecule has 8 nitrogen and oxygen atoms in total. The highest BCUT2D eigenvalue weighted by Crippen LogP contribution is 2.42. The number of piperidine rings is 1. The molecule has 200 valence electrons. The van der Waals surface area contributed by atoms with Gasteiger partial charge in [-0.2, -0.15) is 18.3 Å². The van der Waals surface area contributed by atoms with Gasteiger partial charge in [-0.1, -0.05) is 6.92 Å². The second-order valence-electron chi connectivity index (χ2n) is 10.6. The Morgan fingerprint density at radius 3 is 2.46 bits per heavy atom. The van der Waals surface area contributed by atoms with Gasteiger partial charge in [0.25, 0.3) is 5.91 Å². The summed E-state index contributed by atoms with van der Waals surface area (Å²) in [5, 5.41) is 20.0. The zero-order valence-corrected chi connectivity index (χ0v) is 20.7. The van der Waals surface area contributed by atoms with Crippen LogP contribution in [0.3, 0.4) is 0 Å². The van der Waals surface area contributed by atoms with E-state index in [1.807, 2.05) is 24.0 Å². The minimum absolute atomic E-state index is 0.0727. The van der Waals surface area contributed by atoms with Gasteiger partial charge in [-0.15, -0.1) is 0 Å². The first-order valence-electron chi connectivity index (χ1n) is 13.0. The van der Waals surface area contributed by atoms with Gasteiger partial charge in [-0.3, -0.25) is 19.7 Å². The Morgan fingerprint density at radius 1 is 1.16 bits per heavy atom. The molecule has 0 aromatic carbocycles. The quantitative estimate of drug-likeness (QED) is 0.557. The van der Waals surface area contributed by atoms with Crippen molar-refractivity contribution in [2.45, 2.75) is 94.6 Å². The number of aliphatic hydroxyl groups is 1. The van der Waals surface area contributed by atoms with Crippen LogP contribution in [-0.4, -0.2) is 66.9 Å². The van der Waals surface area contributed by atoms with Gasteiger partial charge in [-0.05, 0) is 76.0 Å². The molecule has 0 spiro atoms. The molecule has 0 unspecified atom stereocenters. The molecule has 1 aliphatic carbocycles. The lowest BCUT2D eigenvalue weighted by molar-refractivity contribution is -0.270. The van der Waals surface area contributed by atoms with E-state index in [0.29, 0.717) is 18.5 Å². The molecule has 2 bridgehead atoms. The topological polar surface area (TPSA) is 111 Å². The zero-order valence-electron chi connectivity index (χ0n) is 20.7. The second kappa shape index (κ2) is 9.74. The predicted molar refractivity (Wildman–Crippen MR) is 128 cm³/mol. The molecule has 5 rings (SSSR count). The fraction of sp³-hybridized carbons (Fsp3) is 0.615. The molecular formula is C26H32F3N5O3. The van der Waals surface area contributed by atoms with Crippen molar-refractivity contribution in [3.8, 4) is 11.3 Å². The molecule has 3 fully saturated rings. The van der Waals surface area contributed by atoms with Crippen molar-refractivity contribution in [2.24, 2.45) is 5.92 Å². The molecule has 2 amide bonds. The van der Waals surface area contributed by atoms with Crippen molar-refractivity contribution in [3.05, 3.63) is 35.8 Å². The van der Waals surface area contributed by atoms with Crippen LogP contribution in [-0.2, 0) is 11.2 Å². The lowest BCUT2D eigenvalue weighted by Crippen LogP contribution is -2.53. The summed E-state index contributed by atoms with van der Waals surface area (Å²) in [7, 11) is 0. The van der Waals surface area contributed by atoms with Crippen molar-refractivity contribution >= 4 is 11.8 Å². The zero-order chi connectivity index (χ0) is 26.4. The Bertz CT molecular complexity index is 1140. The van der Waals surface area contributed by atoms with Gasteiger partial charge in [-0.25, -0.2) is 0 Å². The van der Waals surface area contributed by atoms with Gasteiger partial charge >= 0.3 is 6.18 Å². The molecule has 2 aromatic heterocycles. The Labute approximate surface area is 213 Å². The molecule has 3 aliphatic rings. The number of halogens is 3. The minimum Gasteiger partial charge on any atom is -0.380 e. The van der Waals surface area contributed by atoms with Crippen LogP contribution in [0.5, 0.6) is 0 Å². The fourth-order valence-electron chi connectivity index (χ4n) is 6.12. The highest BCUT2D eigenvalue weighted by Gasteiger charge is 2.55. The Hall–Kier alpha value is -2.95. The molecule has 11 heteroatoms. The highest BCUT2D eigenvalue weighted by molar-refractivity contribution is 5.94. The average molecular weight is 520 g/mol. The maximum atomic E-state index is 13.4. The van der Waals surface area contributed by atoms with Crippen molar-refractivity contribution in [1.29, 1.82) is 0 Å². The van der Waals surface area contributed by atoms with Gasteiger partial charge in [0.2, 0.25) is 5.91 Å². The summed E-state index contributed by atoms with van der Waals surface area (Å²) in [5.74, 6) is -0.612. The van der Waals surface area contributed by atoms with Crippen LogP contribution >= 0.6 is 0 Å². The van der Waals surface area contributed by atoms with E-state index in [-0.39, 0.29) is 48.7 Å². The molecule has 37 heavy (non-hydrogen) atoms. The molecule has 2 aromatic rings. The van der Waals surface area contributed by atoms with E-state index in [4.69, 9.17) is 0 Å². The lowest BCUT2D eigenvalue weighted by atomic mass is 9.81. The number of amides is 2. The number of pyridine rings is 1. The number of H-pyrrole nitrogens is 1. The summed E-state index contributed by atoms with van der Waals surface area (Å²) < 4.78 is 39.2. The number of rotatable bonds is 5. The van der Waals surface area contributed by atoms with E-state index in [1.54, 1.807) is 12.3 Å². The molecule has 3 N–H and O–H groups in total. The van der Waals surface area contributed by atoms with E-state index in [0.717, 1.165) is 36.2 Å². The largest absolute Gasteiger partial charge is 0.417 e. The number of nitrogens with one attached hydrogen (secondary N) is 2. The molecule has 1 saturated carbocycles. The third kappa shape index (κ3) is 4.97. The van der Waals surface area contributed by atoms with E-state index >= 15 is 0 Å². The van der Waals surface area contributed by atoms with E-state index < -0.39 is 24.6 Å². The smallest absolute Gasteiger partial charge is 0.380 e. The van der Waals surface area contributed by atoms with Gasteiger partial charge in [0, 0.05) is 41.5 Å². The SMILES string of the molecule is CCc1cc(-c2cc(C(=O)N3[C@@H]4CC[C@H]3C[C@H](C(=O)N[C@H]3CC[C@@](O)(C(F)(F)F)CC3)C4)n[nH]2)ccn1. The second-order valence-corrected chi connectivity index (χ2v) is 10.6. The summed E-state index contributed by atoms with van der Waals surface area (Å²) >= 11 is 0. The van der Waals surface area contributed by atoms with Crippen LogP contribution in [0.25, 0.3) is 11.3 Å². The van der Waals surface area contributed by atoms with Crippen LogP contribution in [0, 0.1) is 5.92 Å². The summed E-state index contributed by atoms with van der Waals surface area (Å²) in [4.78, 5) is 32.5. The van der Waals surface area contributed by atoms with Gasteiger partial charge in [0.05, 0.1) is 5.69 Å². The standard InChI is InChI=1S/C26H32F3N5O3/c1-2-17-11-15(7-10-30-17)21-14-22(33-32-21)24(36)34-19-3-4-20(34)13-16(12-19)23(35)31-18-5-8-25(37,9-6-18)26(27,28)29/h7,10-11,14,16,18-20,37H,2-6,8-9,12-13H2,1H3,(H,31,35)(H,32,33)/t16-,18-,19-,20+,25-. The number of hydrogen-bond acceptors (Lipinski definition) is 5. The first-order valence-corrected chi connectivity index (χ1v) is 13.0. The summed E-state index contributed by atoms with van der Waals surface area (Å²) in [5.41, 5.74) is 0.271. The normalized spacial score (nSPS) is 29.8. The third-order valence-electron chi connectivity index (χ3n) is 8.31. The monoisotopic (exact) mass is 519 g/mol. The van der Waals surface area contributed by atoms with Crippen molar-refractivity contribution in [3.63, 3.8) is 0 Å². The first-order chi connectivity index (χ1) is 17.6. The number of hydrogen-bond donors (Lipinski definition) is 3. The highest BCUT2D eigenvalue weighted by atomic mass is 19.4. The number of aromatic amines is 1. The molecule has 2 saturated heterocycles. The van der Waals surface area contributed by atoms with Crippen molar-refractivity contribution in [1.82, 2.24) is 25.4 Å². The van der Waals surface area contributed by atoms with Crippen LogP contribution < -0.4 is 5.32 Å². The lowest BCUT2D eigenvalue weighted by Gasteiger charge is -2.40. The molecular weight excluding hydrogens is 487 g/mol. The average Bonchev–Trinajstić information content (AvgIpc) is 3.47. The number of nitrogens with zero attached hydrogens (tertiary/aromatic N) is 3. The van der Waals surface area contributed by atoms with E-state index in [1.165, 1.54) is 0 Å². The van der Waals surface area contributed by atoms with Crippen molar-refractivity contribution < 1.29 is 27.9 Å². The maximum Gasteiger partial charge on any atom is 0.417 e. The van der Waals surface area contributed by atoms with E-state index in [2.05, 4.69) is 20.5 Å². The van der Waals surface area contributed by atoms with Gasteiger partial charge in [0.1, 0.15) is 0 Å². The Morgan fingerprint density at radius 2 is 1.84 bits per heavy atom. The number of aryl methyl sites for hydroxylation is 1. The van der Waals surface area contributed by atoms with Crippen LogP contribution in [0.4, 0.5) is 13.2 Å². The first kappa shape index (κ1) is 25.7. The van der Waals surface area contributed by atoms with E-state index in [9.17, 15) is 27.9 Å². The number of fused-ring (bicyclic) bond motifs is 2. The minimum atomic E-state index is -4.66. The summed E-state index contributed by atoms with van der Waals surface area (Å²) in [6.45, 7) is 2.02. The van der Waals surface area contributed by atoms with Crippen LogP contribution in [0.1, 0.15) is 74.5 Å². The summed E-state index contributed by atoms with van der Waals surface area (Å²) in [6, 6.07) is 5.06. The van der Waals surface area contributed by atoms with Gasteiger partial charge < -0.3 is 15.3 Å². The Kier molecular flexibility index (Phi) is 6.76. The third-order valence-corrected chi connectivity index (χ3v) is 8.31. The molecule has 0 radical (unpaired) electrons. The molecule has 4 heterocycles. The number of aromatic nitrogens is 3. The number of carbonyl (C=O) groups is 2. The predicted octanol–water partition coefficient (Wildman–Crippen LogP) is 3.77. The van der Waals surface area contributed by atoms with Crippen molar-refractivity contribution in [2.75, 3.05) is 0 Å². The fourth-order valence-corrected chi connectivity index (χ4v) is 6.12. The van der Waals surface area contributed by atoms with Crippen LogP contribution in [0.15, 0.2) is 24.4 Å². The maximum absolute atomic E-state index is 13.4. The number of alkyl halides is 3. The van der Waals surface area contributed by atoms with Gasteiger partial charge in [0.15, 0.2) is 11.3 Å². The molecule has 3 atom stereocenters. The Balaban J connectivity index is 1.19.